The summed E-state index contributed by atoms with van der Waals surface area (Å²) in [6, 6.07) is 11.4. The van der Waals surface area contributed by atoms with Crippen molar-refractivity contribution in [3.05, 3.63) is 53.8 Å². The van der Waals surface area contributed by atoms with Gasteiger partial charge in [0.15, 0.2) is 0 Å². The first kappa shape index (κ1) is 28.4. The van der Waals surface area contributed by atoms with Crippen molar-refractivity contribution >= 4 is 27.7 Å². The fourth-order valence-corrected chi connectivity index (χ4v) is 5.91. The molecule has 4 rings (SSSR count). The van der Waals surface area contributed by atoms with Gasteiger partial charge in [0.2, 0.25) is 15.9 Å². The van der Waals surface area contributed by atoms with Crippen molar-refractivity contribution in [3.8, 4) is 17.2 Å². The van der Waals surface area contributed by atoms with E-state index in [-0.39, 0.29) is 23.9 Å². The van der Waals surface area contributed by atoms with Crippen LogP contribution in [0.4, 0.5) is 14.9 Å². The van der Waals surface area contributed by atoms with Crippen LogP contribution in [0.5, 0.6) is 0 Å². The molecular weight excluding hydrogens is 523 g/mol. The van der Waals surface area contributed by atoms with Crippen molar-refractivity contribution < 1.29 is 27.1 Å². The maximum Gasteiger partial charge on any atom is 0.411 e. The Kier molecular flexibility index (Phi) is 7.89. The summed E-state index contributed by atoms with van der Waals surface area (Å²) < 4.78 is 45.7. The highest BCUT2D eigenvalue weighted by molar-refractivity contribution is 7.92. The van der Waals surface area contributed by atoms with Crippen molar-refractivity contribution in [2.24, 2.45) is 5.92 Å². The van der Waals surface area contributed by atoms with Crippen molar-refractivity contribution in [3.63, 3.8) is 0 Å². The standard InChI is InChI=1S/C28H33FN4O5S/c1-28(2,3)38-27(35)33-23-12-9-20(14-23)25(33)26(34)31-22(16-30)13-19-6-5-18(15-24(19)29)17-7-10-21(11-8-17)32-39(4,36)37/h5-8,10-11,15,20,22-23,25,32H,9,12-14H2,1-4H3,(H,31,34)/t20-,22?,23+,25-/m0/s1. The number of hydrogen-bond acceptors (Lipinski definition) is 6. The summed E-state index contributed by atoms with van der Waals surface area (Å²) in [5.41, 5.74) is 1.22. The fraction of sp³-hybridized carbons (Fsp3) is 0.464. The number of fused-ring (bicyclic) bond motifs is 2. The van der Waals surface area contributed by atoms with E-state index in [2.05, 4.69) is 10.0 Å². The molecule has 1 aliphatic carbocycles. The second-order valence-electron chi connectivity index (χ2n) is 11.2. The maximum atomic E-state index is 15.0. The lowest BCUT2D eigenvalue weighted by Crippen LogP contribution is -2.55. The largest absolute Gasteiger partial charge is 0.444 e. The Hall–Kier alpha value is -3.65. The molecule has 2 amide bonds. The fourth-order valence-electron chi connectivity index (χ4n) is 5.35. The van der Waals surface area contributed by atoms with Crippen LogP contribution < -0.4 is 10.0 Å². The van der Waals surface area contributed by atoms with E-state index in [1.165, 1.54) is 11.0 Å². The number of ether oxygens (including phenoxy) is 1. The van der Waals surface area contributed by atoms with Gasteiger partial charge in [0.05, 0.1) is 12.3 Å². The van der Waals surface area contributed by atoms with Crippen LogP contribution in [0.25, 0.3) is 11.1 Å². The van der Waals surface area contributed by atoms with Gasteiger partial charge in [-0.3, -0.25) is 14.4 Å². The number of amides is 2. The van der Waals surface area contributed by atoms with E-state index < -0.39 is 45.5 Å². The Morgan fingerprint density at radius 1 is 1.15 bits per heavy atom. The van der Waals surface area contributed by atoms with Crippen LogP contribution >= 0.6 is 0 Å². The molecule has 2 aliphatic rings. The van der Waals surface area contributed by atoms with Crippen LogP contribution in [0.3, 0.4) is 0 Å². The minimum Gasteiger partial charge on any atom is -0.444 e. The van der Waals surface area contributed by atoms with Crippen LogP contribution in [0, 0.1) is 23.1 Å². The number of likely N-dealkylation sites (tertiary alicyclic amines) is 1. The van der Waals surface area contributed by atoms with E-state index in [9.17, 15) is 23.3 Å². The number of nitriles is 1. The molecule has 1 aliphatic heterocycles. The molecule has 2 aromatic rings. The third-order valence-electron chi connectivity index (χ3n) is 6.93. The number of piperidine rings is 1. The number of anilines is 1. The van der Waals surface area contributed by atoms with Gasteiger partial charge in [0.1, 0.15) is 23.5 Å². The van der Waals surface area contributed by atoms with E-state index in [1.54, 1.807) is 57.2 Å². The summed E-state index contributed by atoms with van der Waals surface area (Å²) in [6.07, 6.45) is 2.82. The van der Waals surface area contributed by atoms with Gasteiger partial charge in [-0.05, 0) is 80.8 Å². The molecule has 0 aromatic heterocycles. The van der Waals surface area contributed by atoms with Crippen LogP contribution in [0.1, 0.15) is 45.6 Å². The third-order valence-corrected chi connectivity index (χ3v) is 7.54. The average molecular weight is 557 g/mol. The zero-order valence-electron chi connectivity index (χ0n) is 22.4. The molecule has 1 saturated heterocycles. The lowest BCUT2D eigenvalue weighted by molar-refractivity contribution is -0.128. The molecule has 2 bridgehead atoms. The summed E-state index contributed by atoms with van der Waals surface area (Å²) in [4.78, 5) is 27.6. The van der Waals surface area contributed by atoms with Gasteiger partial charge in [-0.15, -0.1) is 0 Å². The Balaban J connectivity index is 1.43. The Morgan fingerprint density at radius 3 is 2.41 bits per heavy atom. The van der Waals surface area contributed by atoms with Gasteiger partial charge >= 0.3 is 6.09 Å². The molecule has 0 radical (unpaired) electrons. The number of carbonyl (C=O) groups excluding carboxylic acids is 2. The summed E-state index contributed by atoms with van der Waals surface area (Å²) >= 11 is 0. The molecule has 0 spiro atoms. The Morgan fingerprint density at radius 2 is 1.82 bits per heavy atom. The first-order chi connectivity index (χ1) is 18.2. The summed E-state index contributed by atoms with van der Waals surface area (Å²) in [6.45, 7) is 5.31. The second kappa shape index (κ2) is 10.8. The number of hydrogen-bond donors (Lipinski definition) is 2. The molecule has 2 fully saturated rings. The summed E-state index contributed by atoms with van der Waals surface area (Å²) in [7, 11) is -3.40. The van der Waals surface area contributed by atoms with Gasteiger partial charge in [-0.2, -0.15) is 5.26 Å². The van der Waals surface area contributed by atoms with Crippen LogP contribution in [0.2, 0.25) is 0 Å². The molecule has 11 heteroatoms. The molecule has 4 atom stereocenters. The number of sulfonamides is 1. The van der Waals surface area contributed by atoms with E-state index in [0.29, 0.717) is 16.8 Å². The highest BCUT2D eigenvalue weighted by Gasteiger charge is 2.52. The summed E-state index contributed by atoms with van der Waals surface area (Å²) in [5.74, 6) is -0.966. The van der Waals surface area contributed by atoms with Crippen molar-refractivity contribution in [1.29, 1.82) is 5.26 Å². The number of nitrogens with zero attached hydrogens (tertiary/aromatic N) is 2. The lowest BCUT2D eigenvalue weighted by atomic mass is 9.97. The van der Waals surface area contributed by atoms with E-state index in [1.807, 2.05) is 6.07 Å². The zero-order chi connectivity index (χ0) is 28.5. The van der Waals surface area contributed by atoms with E-state index in [4.69, 9.17) is 4.74 Å². The number of carbonyl (C=O) groups is 2. The SMILES string of the molecule is CC(C)(C)OC(=O)N1[C@@H]2CC[C@@H](C2)[C@H]1C(=O)NC(C#N)Cc1ccc(-c2ccc(NS(C)(=O)=O)cc2)cc1F. The predicted octanol–water partition coefficient (Wildman–Crippen LogP) is 4.20. The van der Waals surface area contributed by atoms with Crippen LogP contribution in [0.15, 0.2) is 42.5 Å². The quantitative estimate of drug-likeness (QED) is 0.526. The number of benzene rings is 2. The molecular formula is C28H33FN4O5S. The highest BCUT2D eigenvalue weighted by Crippen LogP contribution is 2.43. The minimum atomic E-state index is -3.40. The molecule has 208 valence electrons. The topological polar surface area (TPSA) is 129 Å². The van der Waals surface area contributed by atoms with Crippen LogP contribution in [-0.4, -0.2) is 55.3 Å². The van der Waals surface area contributed by atoms with Gasteiger partial charge < -0.3 is 10.1 Å². The Bertz CT molecular complexity index is 1400. The average Bonchev–Trinajstić information content (AvgIpc) is 3.45. The smallest absolute Gasteiger partial charge is 0.411 e. The molecule has 2 N–H and O–H groups in total. The van der Waals surface area contributed by atoms with Gasteiger partial charge in [-0.25, -0.2) is 17.6 Å². The first-order valence-corrected chi connectivity index (χ1v) is 14.7. The van der Waals surface area contributed by atoms with Crippen LogP contribution in [-0.2, 0) is 26.0 Å². The van der Waals surface area contributed by atoms with E-state index >= 15 is 4.39 Å². The van der Waals surface area contributed by atoms with Gasteiger partial charge in [0, 0.05) is 18.2 Å². The van der Waals surface area contributed by atoms with Crippen molar-refractivity contribution in [2.75, 3.05) is 11.0 Å². The molecule has 1 unspecified atom stereocenters. The lowest BCUT2D eigenvalue weighted by Gasteiger charge is -2.35. The number of rotatable bonds is 7. The molecule has 1 heterocycles. The Labute approximate surface area is 228 Å². The number of nitrogens with one attached hydrogen (secondary N) is 2. The van der Waals surface area contributed by atoms with Gasteiger partial charge in [0.25, 0.3) is 0 Å². The molecule has 1 saturated carbocycles. The maximum absolute atomic E-state index is 15.0. The second-order valence-corrected chi connectivity index (χ2v) is 13.0. The van der Waals surface area contributed by atoms with Crippen molar-refractivity contribution in [1.82, 2.24) is 10.2 Å². The van der Waals surface area contributed by atoms with Gasteiger partial charge in [-0.1, -0.05) is 24.3 Å². The molecule has 39 heavy (non-hydrogen) atoms. The van der Waals surface area contributed by atoms with E-state index in [0.717, 1.165) is 25.5 Å². The van der Waals surface area contributed by atoms with Crippen molar-refractivity contribution in [2.45, 2.75) is 70.2 Å². The molecule has 9 nitrogen and oxygen atoms in total. The monoisotopic (exact) mass is 556 g/mol. The minimum absolute atomic E-state index is 0.00287. The highest BCUT2D eigenvalue weighted by atomic mass is 32.2. The normalized spacial score (nSPS) is 21.2. The third kappa shape index (κ3) is 6.87. The zero-order valence-corrected chi connectivity index (χ0v) is 23.2. The molecule has 2 aromatic carbocycles. The summed E-state index contributed by atoms with van der Waals surface area (Å²) in [5, 5.41) is 12.4. The first-order valence-electron chi connectivity index (χ1n) is 12.8. The number of halogens is 1. The predicted molar refractivity (Wildman–Crippen MR) is 145 cm³/mol.